The van der Waals surface area contributed by atoms with Gasteiger partial charge < -0.3 is 24.7 Å². The third-order valence-corrected chi connectivity index (χ3v) is 2.78. The van der Waals surface area contributed by atoms with Crippen molar-refractivity contribution in [2.75, 3.05) is 26.4 Å². The first-order valence-corrected chi connectivity index (χ1v) is 6.36. The van der Waals surface area contributed by atoms with Crippen LogP contribution in [-0.4, -0.2) is 42.5 Å². The number of nitrogens with one attached hydrogen (secondary N) is 1. The summed E-state index contributed by atoms with van der Waals surface area (Å²) in [4.78, 5) is 10.8. The molecule has 6 nitrogen and oxygen atoms in total. The minimum absolute atomic E-state index is 0.0308. The molecule has 1 aromatic heterocycles. The molecule has 0 aliphatic heterocycles. The number of carbonyl (C=O) groups is 1. The highest BCUT2D eigenvalue weighted by molar-refractivity contribution is 5.91. The normalized spacial score (nSPS) is 11.1. The van der Waals surface area contributed by atoms with Gasteiger partial charge in [-0.2, -0.15) is 0 Å². The van der Waals surface area contributed by atoms with Crippen LogP contribution >= 0.6 is 0 Å². The topological polar surface area (TPSA) is 91.9 Å². The number of aliphatic hydroxyl groups excluding tert-OH is 1. The number of furan rings is 1. The molecule has 0 bridgehead atoms. The molecule has 20 heavy (non-hydrogen) atoms. The summed E-state index contributed by atoms with van der Waals surface area (Å²) < 4.78 is 10.3. The molecule has 0 atom stereocenters. The quantitative estimate of drug-likeness (QED) is 0.629. The molecule has 0 aliphatic rings. The van der Waals surface area contributed by atoms with E-state index in [0.717, 1.165) is 10.9 Å². The van der Waals surface area contributed by atoms with E-state index >= 15 is 0 Å². The van der Waals surface area contributed by atoms with Crippen molar-refractivity contribution >= 4 is 16.9 Å². The highest BCUT2D eigenvalue weighted by atomic mass is 16.5. The van der Waals surface area contributed by atoms with Gasteiger partial charge in [-0.15, -0.1) is 0 Å². The number of benzene rings is 1. The molecule has 2 rings (SSSR count). The third kappa shape index (κ3) is 3.80. The van der Waals surface area contributed by atoms with Crippen LogP contribution in [0.4, 0.5) is 0 Å². The van der Waals surface area contributed by atoms with Gasteiger partial charge in [0.2, 0.25) is 5.76 Å². The lowest BCUT2D eigenvalue weighted by Crippen LogP contribution is -2.19. The summed E-state index contributed by atoms with van der Waals surface area (Å²) in [7, 11) is 0. The maximum Gasteiger partial charge on any atom is 0.371 e. The van der Waals surface area contributed by atoms with Crippen LogP contribution in [0.15, 0.2) is 28.7 Å². The number of carboxylic acid groups (broad SMARTS) is 1. The van der Waals surface area contributed by atoms with E-state index in [1.54, 1.807) is 6.07 Å². The minimum atomic E-state index is -1.07. The predicted molar refractivity (Wildman–Crippen MR) is 72.8 cm³/mol. The first-order valence-electron chi connectivity index (χ1n) is 6.36. The largest absolute Gasteiger partial charge is 0.475 e. The van der Waals surface area contributed by atoms with Crippen molar-refractivity contribution in [1.29, 1.82) is 0 Å². The maximum atomic E-state index is 10.8. The van der Waals surface area contributed by atoms with Gasteiger partial charge in [-0.1, -0.05) is 6.07 Å². The fraction of sp³-hybridized carbons (Fsp3) is 0.357. The molecule has 1 aromatic carbocycles. The molecule has 0 unspecified atom stereocenters. The zero-order valence-electron chi connectivity index (χ0n) is 11.0. The molecule has 3 N–H and O–H groups in total. The number of aliphatic hydroxyl groups is 1. The highest BCUT2D eigenvalue weighted by Crippen LogP contribution is 2.20. The first kappa shape index (κ1) is 14.5. The summed E-state index contributed by atoms with van der Waals surface area (Å²) in [5.74, 6) is -1.12. The number of carboxylic acids is 1. The summed E-state index contributed by atoms with van der Waals surface area (Å²) in [6, 6.07) is 7.07. The van der Waals surface area contributed by atoms with Gasteiger partial charge in [0.05, 0.1) is 19.8 Å². The number of rotatable bonds is 8. The van der Waals surface area contributed by atoms with E-state index in [9.17, 15) is 4.79 Å². The Morgan fingerprint density at radius 2 is 2.15 bits per heavy atom. The highest BCUT2D eigenvalue weighted by Gasteiger charge is 2.10. The molecule has 1 heterocycles. The Morgan fingerprint density at radius 1 is 1.30 bits per heavy atom. The summed E-state index contributed by atoms with van der Waals surface area (Å²) in [5.41, 5.74) is 1.61. The monoisotopic (exact) mass is 279 g/mol. The Kier molecular flexibility index (Phi) is 5.11. The Labute approximate surface area is 116 Å². The molecule has 0 saturated heterocycles. The van der Waals surface area contributed by atoms with Crippen molar-refractivity contribution < 1.29 is 24.2 Å². The lowest BCUT2D eigenvalue weighted by atomic mass is 10.1. The molecule has 6 heteroatoms. The maximum absolute atomic E-state index is 10.8. The number of fused-ring (bicyclic) bond motifs is 1. The van der Waals surface area contributed by atoms with E-state index in [1.807, 2.05) is 12.1 Å². The van der Waals surface area contributed by atoms with Gasteiger partial charge in [-0.3, -0.25) is 0 Å². The van der Waals surface area contributed by atoms with Crippen LogP contribution in [-0.2, 0) is 11.3 Å². The summed E-state index contributed by atoms with van der Waals surface area (Å²) in [5, 5.41) is 21.4. The van der Waals surface area contributed by atoms with Gasteiger partial charge in [0.15, 0.2) is 0 Å². The van der Waals surface area contributed by atoms with Crippen molar-refractivity contribution in [3.05, 3.63) is 35.6 Å². The number of aromatic carboxylic acids is 1. The summed E-state index contributed by atoms with van der Waals surface area (Å²) in [6.07, 6.45) is 0. The van der Waals surface area contributed by atoms with Crippen molar-refractivity contribution in [2.45, 2.75) is 6.54 Å². The van der Waals surface area contributed by atoms with Gasteiger partial charge in [-0.25, -0.2) is 4.79 Å². The lowest BCUT2D eigenvalue weighted by Gasteiger charge is -2.05. The Hall–Kier alpha value is -1.89. The van der Waals surface area contributed by atoms with E-state index in [1.165, 1.54) is 6.07 Å². The van der Waals surface area contributed by atoms with Crippen LogP contribution in [0, 0.1) is 0 Å². The second-order valence-electron chi connectivity index (χ2n) is 4.30. The molecular weight excluding hydrogens is 262 g/mol. The molecule has 0 spiro atoms. The van der Waals surface area contributed by atoms with Gasteiger partial charge >= 0.3 is 5.97 Å². The van der Waals surface area contributed by atoms with Crippen molar-refractivity contribution in [1.82, 2.24) is 5.32 Å². The number of ether oxygens (including phenoxy) is 1. The Bertz CT molecular complexity index is 578. The Balaban J connectivity index is 1.89. The zero-order valence-corrected chi connectivity index (χ0v) is 11.0. The molecule has 0 amide bonds. The van der Waals surface area contributed by atoms with E-state index in [4.69, 9.17) is 19.4 Å². The second-order valence-corrected chi connectivity index (χ2v) is 4.30. The molecule has 108 valence electrons. The van der Waals surface area contributed by atoms with E-state index in [0.29, 0.717) is 31.9 Å². The van der Waals surface area contributed by atoms with Gasteiger partial charge in [0.1, 0.15) is 5.58 Å². The van der Waals surface area contributed by atoms with Crippen LogP contribution in [0.1, 0.15) is 16.1 Å². The molecule has 0 radical (unpaired) electrons. The average molecular weight is 279 g/mol. The molecule has 0 aliphatic carbocycles. The number of hydrogen-bond acceptors (Lipinski definition) is 5. The van der Waals surface area contributed by atoms with Gasteiger partial charge in [0, 0.05) is 18.5 Å². The van der Waals surface area contributed by atoms with Crippen LogP contribution < -0.4 is 5.32 Å². The molecule has 0 saturated carbocycles. The van der Waals surface area contributed by atoms with E-state index in [2.05, 4.69) is 5.32 Å². The average Bonchev–Trinajstić information content (AvgIpc) is 2.86. The van der Waals surface area contributed by atoms with Crippen LogP contribution in [0.2, 0.25) is 0 Å². The van der Waals surface area contributed by atoms with E-state index in [-0.39, 0.29) is 12.4 Å². The molecule has 2 aromatic rings. The lowest BCUT2D eigenvalue weighted by molar-refractivity contribution is 0.0665. The smallest absolute Gasteiger partial charge is 0.371 e. The third-order valence-electron chi connectivity index (χ3n) is 2.78. The van der Waals surface area contributed by atoms with Gasteiger partial charge in [-0.05, 0) is 23.8 Å². The van der Waals surface area contributed by atoms with Crippen LogP contribution in [0.3, 0.4) is 0 Å². The SMILES string of the molecule is O=C(O)c1cc2cc(CNCCOCCO)ccc2o1. The summed E-state index contributed by atoms with van der Waals surface area (Å²) >= 11 is 0. The zero-order chi connectivity index (χ0) is 14.4. The summed E-state index contributed by atoms with van der Waals surface area (Å²) in [6.45, 7) is 2.26. The second kappa shape index (κ2) is 7.04. The van der Waals surface area contributed by atoms with Crippen molar-refractivity contribution in [3.8, 4) is 0 Å². The van der Waals surface area contributed by atoms with E-state index < -0.39 is 5.97 Å². The van der Waals surface area contributed by atoms with Crippen LogP contribution in [0.25, 0.3) is 11.0 Å². The fourth-order valence-electron chi connectivity index (χ4n) is 1.85. The molecular formula is C14H17NO5. The standard InChI is InChI=1S/C14H17NO5/c16-4-6-19-5-3-15-9-10-1-2-12-11(7-10)8-13(20-12)14(17)18/h1-2,7-8,15-16H,3-6,9H2,(H,17,18). The van der Waals surface area contributed by atoms with Gasteiger partial charge in [0.25, 0.3) is 0 Å². The number of hydrogen-bond donors (Lipinski definition) is 3. The van der Waals surface area contributed by atoms with Crippen molar-refractivity contribution in [2.24, 2.45) is 0 Å². The minimum Gasteiger partial charge on any atom is -0.475 e. The molecule has 0 fully saturated rings. The fourth-order valence-corrected chi connectivity index (χ4v) is 1.85. The predicted octanol–water partition coefficient (Wildman–Crippen LogP) is 1.23. The first-order chi connectivity index (χ1) is 9.70. The van der Waals surface area contributed by atoms with Crippen molar-refractivity contribution in [3.63, 3.8) is 0 Å². The van der Waals surface area contributed by atoms with Crippen LogP contribution in [0.5, 0.6) is 0 Å². The Morgan fingerprint density at radius 3 is 2.90 bits per heavy atom.